The molecule has 3 rings (SSSR count). The van der Waals surface area contributed by atoms with Crippen LogP contribution in [0.3, 0.4) is 0 Å². The minimum absolute atomic E-state index is 0.490. The summed E-state index contributed by atoms with van der Waals surface area (Å²) in [4.78, 5) is 0. The minimum Gasteiger partial charge on any atom is -0.456 e. The highest BCUT2D eigenvalue weighted by Crippen LogP contribution is 2.25. The van der Waals surface area contributed by atoms with Crippen LogP contribution in [0.25, 0.3) is 22.3 Å². The molecule has 0 saturated carbocycles. The van der Waals surface area contributed by atoms with Gasteiger partial charge in [-0.25, -0.2) is 0 Å². The first-order valence-corrected chi connectivity index (χ1v) is 6.95. The molecule has 1 aromatic heterocycles. The van der Waals surface area contributed by atoms with Crippen molar-refractivity contribution in [2.75, 3.05) is 0 Å². The van der Waals surface area contributed by atoms with Crippen molar-refractivity contribution in [3.05, 3.63) is 64.0 Å². The molecule has 0 fully saturated rings. The van der Waals surface area contributed by atoms with Crippen LogP contribution in [-0.4, -0.2) is 5.21 Å². The predicted molar refractivity (Wildman–Crippen MR) is 83.5 cm³/mol. The Balaban J connectivity index is 2.31. The molecule has 0 aliphatic carbocycles. The van der Waals surface area contributed by atoms with Crippen molar-refractivity contribution < 1.29 is 9.62 Å². The molecule has 1 N–H and O–H groups in total. The maximum absolute atomic E-state index is 9.27. The van der Waals surface area contributed by atoms with Gasteiger partial charge in [-0.3, -0.25) is 0 Å². The van der Waals surface area contributed by atoms with Gasteiger partial charge in [-0.05, 0) is 61.4 Å². The second-order valence-electron chi connectivity index (χ2n) is 5.04. The van der Waals surface area contributed by atoms with Gasteiger partial charge in [0.05, 0.1) is 0 Å². The molecular weight excluding hydrogens is 286 g/mol. The van der Waals surface area contributed by atoms with Gasteiger partial charge in [0.15, 0.2) is 0 Å². The molecule has 0 saturated heterocycles. The van der Waals surface area contributed by atoms with E-state index >= 15 is 0 Å². The number of benzene rings is 2. The molecule has 0 spiro atoms. The zero-order chi connectivity index (χ0) is 15.0. The number of aryl methyl sites for hydroxylation is 2. The Hall–Kier alpha value is -2.26. The topological polar surface area (TPSA) is 45.7 Å². The lowest BCUT2D eigenvalue weighted by molar-refractivity contribution is 0.302. The third-order valence-electron chi connectivity index (χ3n) is 3.60. The summed E-state index contributed by atoms with van der Waals surface area (Å²) in [7, 11) is 0. The molecule has 2 aromatic carbocycles. The van der Waals surface area contributed by atoms with E-state index in [1.807, 2.05) is 38.1 Å². The number of fused-ring (bicyclic) bond motifs is 1. The van der Waals surface area contributed by atoms with Crippen LogP contribution in [0.1, 0.15) is 11.1 Å². The van der Waals surface area contributed by atoms with Crippen molar-refractivity contribution in [2.45, 2.75) is 13.8 Å². The zero-order valence-electron chi connectivity index (χ0n) is 11.7. The van der Waals surface area contributed by atoms with Gasteiger partial charge in [0.2, 0.25) is 0 Å². The maximum atomic E-state index is 9.27. The molecular formula is C17H14ClNO2. The molecule has 21 heavy (non-hydrogen) atoms. The minimum atomic E-state index is 0.490. The van der Waals surface area contributed by atoms with E-state index in [0.717, 1.165) is 22.1 Å². The second-order valence-corrected chi connectivity index (χ2v) is 5.47. The molecule has 0 aliphatic rings. The fraction of sp³-hybridized carbons (Fsp3) is 0.118. The highest BCUT2D eigenvalue weighted by atomic mass is 35.5. The molecule has 0 aliphatic heterocycles. The van der Waals surface area contributed by atoms with Crippen molar-refractivity contribution >= 4 is 22.6 Å². The largest absolute Gasteiger partial charge is 0.456 e. The lowest BCUT2D eigenvalue weighted by Gasteiger charge is -2.07. The Kier molecular flexibility index (Phi) is 3.43. The van der Waals surface area contributed by atoms with Crippen LogP contribution in [0.2, 0.25) is 5.02 Å². The molecule has 3 nitrogen and oxygen atoms in total. The van der Waals surface area contributed by atoms with Gasteiger partial charge in [-0.2, -0.15) is 0 Å². The standard InChI is InChI=1S/C17H14ClNO2/c1-10-7-14-15(19-20)9-16(21-17(14)8-11(10)2)12-3-5-13(18)6-4-12/h3-9,20H,1-2H3/b19-15-. The predicted octanol–water partition coefficient (Wildman–Crippen LogP) is 4.66. The monoisotopic (exact) mass is 299 g/mol. The summed E-state index contributed by atoms with van der Waals surface area (Å²) >= 11 is 5.90. The van der Waals surface area contributed by atoms with Crippen LogP contribution >= 0.6 is 11.6 Å². The third kappa shape index (κ3) is 2.52. The van der Waals surface area contributed by atoms with Crippen LogP contribution in [0, 0.1) is 13.8 Å². The van der Waals surface area contributed by atoms with Crippen molar-refractivity contribution in [1.29, 1.82) is 0 Å². The van der Waals surface area contributed by atoms with Gasteiger partial charge in [-0.1, -0.05) is 16.8 Å². The van der Waals surface area contributed by atoms with Gasteiger partial charge < -0.3 is 9.62 Å². The third-order valence-corrected chi connectivity index (χ3v) is 3.85. The number of nitrogens with zero attached hydrogens (tertiary/aromatic N) is 1. The number of hydrogen-bond donors (Lipinski definition) is 1. The van der Waals surface area contributed by atoms with E-state index in [4.69, 9.17) is 16.0 Å². The molecule has 0 unspecified atom stereocenters. The average molecular weight is 300 g/mol. The molecule has 0 bridgehead atoms. The second kappa shape index (κ2) is 5.26. The smallest absolute Gasteiger partial charge is 0.137 e. The molecule has 106 valence electrons. The average Bonchev–Trinajstić information content (AvgIpc) is 2.48. The Labute approximate surface area is 127 Å². The lowest BCUT2D eigenvalue weighted by atomic mass is 10.1. The van der Waals surface area contributed by atoms with Crippen LogP contribution in [0.5, 0.6) is 0 Å². The van der Waals surface area contributed by atoms with E-state index in [1.54, 1.807) is 18.2 Å². The van der Waals surface area contributed by atoms with Gasteiger partial charge in [0.25, 0.3) is 0 Å². The van der Waals surface area contributed by atoms with Crippen LogP contribution in [-0.2, 0) is 0 Å². The Morgan fingerprint density at radius 3 is 2.33 bits per heavy atom. The SMILES string of the molecule is Cc1cc2oc(-c3ccc(Cl)cc3)c/c(=N/O)c2cc1C. The molecule has 4 heteroatoms. The summed E-state index contributed by atoms with van der Waals surface area (Å²) < 4.78 is 5.95. The van der Waals surface area contributed by atoms with E-state index in [9.17, 15) is 5.21 Å². The summed E-state index contributed by atoms with van der Waals surface area (Å²) in [5.41, 5.74) is 3.83. The summed E-state index contributed by atoms with van der Waals surface area (Å²) in [5, 5.41) is 14.6. The number of rotatable bonds is 1. The van der Waals surface area contributed by atoms with E-state index in [2.05, 4.69) is 5.16 Å². The van der Waals surface area contributed by atoms with Crippen LogP contribution in [0.4, 0.5) is 0 Å². The van der Waals surface area contributed by atoms with Gasteiger partial charge in [-0.15, -0.1) is 0 Å². The van der Waals surface area contributed by atoms with Crippen molar-refractivity contribution in [1.82, 2.24) is 0 Å². The first-order valence-electron chi connectivity index (χ1n) is 6.57. The Bertz CT molecular complexity index is 880. The zero-order valence-corrected chi connectivity index (χ0v) is 12.5. The lowest BCUT2D eigenvalue weighted by Crippen LogP contribution is -2.04. The fourth-order valence-electron chi connectivity index (χ4n) is 2.26. The summed E-state index contributed by atoms with van der Waals surface area (Å²) in [5.74, 6) is 0.634. The van der Waals surface area contributed by atoms with E-state index < -0.39 is 0 Å². The highest BCUT2D eigenvalue weighted by molar-refractivity contribution is 6.30. The number of hydrogen-bond acceptors (Lipinski definition) is 3. The Morgan fingerprint density at radius 2 is 1.67 bits per heavy atom. The van der Waals surface area contributed by atoms with Crippen molar-refractivity contribution in [3.63, 3.8) is 0 Å². The van der Waals surface area contributed by atoms with Gasteiger partial charge >= 0.3 is 0 Å². The van der Waals surface area contributed by atoms with Crippen LogP contribution < -0.4 is 5.36 Å². The first kappa shape index (κ1) is 13.7. The summed E-state index contributed by atoms with van der Waals surface area (Å²) in [6, 6.07) is 13.0. The summed E-state index contributed by atoms with van der Waals surface area (Å²) in [6.07, 6.45) is 0. The van der Waals surface area contributed by atoms with Gasteiger partial charge in [0.1, 0.15) is 16.7 Å². The van der Waals surface area contributed by atoms with Crippen molar-refractivity contribution in [3.8, 4) is 11.3 Å². The van der Waals surface area contributed by atoms with Crippen LogP contribution in [0.15, 0.2) is 52.0 Å². The molecule has 1 heterocycles. The van der Waals surface area contributed by atoms with Gasteiger partial charge in [0, 0.05) is 22.0 Å². The van der Waals surface area contributed by atoms with Crippen molar-refractivity contribution in [2.24, 2.45) is 5.16 Å². The van der Waals surface area contributed by atoms with E-state index in [1.165, 1.54) is 0 Å². The molecule has 0 radical (unpaired) electrons. The maximum Gasteiger partial charge on any atom is 0.137 e. The fourth-order valence-corrected chi connectivity index (χ4v) is 2.39. The molecule has 3 aromatic rings. The number of halogens is 1. The first-order chi connectivity index (χ1) is 10.1. The summed E-state index contributed by atoms with van der Waals surface area (Å²) in [6.45, 7) is 4.04. The normalized spacial score (nSPS) is 12.0. The van der Waals surface area contributed by atoms with E-state index in [0.29, 0.717) is 21.7 Å². The molecule has 0 atom stereocenters. The van der Waals surface area contributed by atoms with E-state index in [-0.39, 0.29) is 0 Å². The quantitative estimate of drug-likeness (QED) is 0.524. The Morgan fingerprint density at radius 1 is 1.00 bits per heavy atom. The molecule has 0 amide bonds. The highest BCUT2D eigenvalue weighted by Gasteiger charge is 2.08.